The van der Waals surface area contributed by atoms with Gasteiger partial charge in [-0.15, -0.1) is 11.3 Å². The topological polar surface area (TPSA) is 46.9 Å². The molecule has 0 aliphatic rings. The van der Waals surface area contributed by atoms with E-state index < -0.39 is 40.9 Å². The van der Waals surface area contributed by atoms with Gasteiger partial charge in [0.05, 0.1) is 15.4 Å². The first-order chi connectivity index (χ1) is 13.1. The summed E-state index contributed by atoms with van der Waals surface area (Å²) in [5.74, 6) is -4.00. The number of hydrogen-bond acceptors (Lipinski definition) is 3. The maximum absolute atomic E-state index is 14.3. The maximum Gasteiger partial charge on any atom is 0.435 e. The molecule has 3 aromatic rings. The Labute approximate surface area is 158 Å². The predicted octanol–water partition coefficient (Wildman–Crippen LogP) is 5.32. The van der Waals surface area contributed by atoms with Crippen LogP contribution in [0.1, 0.15) is 22.3 Å². The highest BCUT2D eigenvalue weighted by Crippen LogP contribution is 2.36. The standard InChI is InChI=1S/C17H11F6N3OS/c1-2-26-11(7-13(25-26)17(21,22)23)15-10(20)6-12(28-15)16(27)24-14-8(18)4-3-5-9(14)19/h3-7H,2H2,1H3,(H,24,27). The monoisotopic (exact) mass is 419 g/mol. The van der Waals surface area contributed by atoms with E-state index in [-0.39, 0.29) is 22.0 Å². The van der Waals surface area contributed by atoms with Crippen LogP contribution in [-0.2, 0) is 12.7 Å². The van der Waals surface area contributed by atoms with Gasteiger partial charge in [-0.1, -0.05) is 6.07 Å². The Balaban J connectivity index is 1.96. The van der Waals surface area contributed by atoms with Gasteiger partial charge in [-0.2, -0.15) is 18.3 Å². The highest BCUT2D eigenvalue weighted by Gasteiger charge is 2.35. The molecule has 1 amide bonds. The van der Waals surface area contributed by atoms with Crippen LogP contribution in [0.25, 0.3) is 10.6 Å². The van der Waals surface area contributed by atoms with Crippen molar-refractivity contribution in [2.45, 2.75) is 19.6 Å². The molecule has 0 aliphatic heterocycles. The third-order valence-corrected chi connectivity index (χ3v) is 4.85. The molecule has 0 fully saturated rings. The number of anilines is 1. The molecule has 0 saturated carbocycles. The van der Waals surface area contributed by atoms with Gasteiger partial charge in [0.25, 0.3) is 5.91 Å². The van der Waals surface area contributed by atoms with Crippen molar-refractivity contribution < 1.29 is 31.1 Å². The van der Waals surface area contributed by atoms with E-state index in [0.29, 0.717) is 17.4 Å². The maximum atomic E-state index is 14.3. The zero-order valence-electron chi connectivity index (χ0n) is 14.1. The van der Waals surface area contributed by atoms with Gasteiger partial charge < -0.3 is 5.32 Å². The summed E-state index contributed by atoms with van der Waals surface area (Å²) in [5, 5.41) is 5.39. The number of alkyl halides is 3. The second-order valence-electron chi connectivity index (χ2n) is 5.57. The van der Waals surface area contributed by atoms with Crippen LogP contribution in [0.15, 0.2) is 30.3 Å². The number of thiophene rings is 1. The van der Waals surface area contributed by atoms with Crippen molar-refractivity contribution in [3.05, 3.63) is 58.4 Å². The van der Waals surface area contributed by atoms with Gasteiger partial charge in [0.2, 0.25) is 0 Å². The van der Waals surface area contributed by atoms with Crippen LogP contribution in [0.5, 0.6) is 0 Å². The first-order valence-corrected chi connectivity index (χ1v) is 8.63. The van der Waals surface area contributed by atoms with Gasteiger partial charge in [0.1, 0.15) is 23.1 Å². The first kappa shape index (κ1) is 19.9. The summed E-state index contributed by atoms with van der Waals surface area (Å²) in [6.45, 7) is 1.56. The normalized spacial score (nSPS) is 11.7. The Morgan fingerprint density at radius 3 is 2.36 bits per heavy atom. The molecule has 0 atom stereocenters. The predicted molar refractivity (Wildman–Crippen MR) is 90.5 cm³/mol. The van der Waals surface area contributed by atoms with Gasteiger partial charge in [0, 0.05) is 6.54 Å². The minimum atomic E-state index is -4.72. The smallest absolute Gasteiger partial charge is 0.316 e. The van der Waals surface area contributed by atoms with E-state index in [1.54, 1.807) is 0 Å². The molecule has 2 heterocycles. The molecule has 0 spiro atoms. The summed E-state index contributed by atoms with van der Waals surface area (Å²) in [6, 6.07) is 4.42. The molecule has 11 heteroatoms. The van der Waals surface area contributed by atoms with Crippen LogP contribution in [0.3, 0.4) is 0 Å². The molecule has 148 valence electrons. The lowest BCUT2D eigenvalue weighted by atomic mass is 10.2. The molecule has 0 saturated heterocycles. The fourth-order valence-corrected chi connectivity index (χ4v) is 3.38. The quantitative estimate of drug-likeness (QED) is 0.582. The number of carbonyl (C=O) groups excluding carboxylic acids is 1. The van der Waals surface area contributed by atoms with Crippen molar-refractivity contribution in [3.8, 4) is 10.6 Å². The van der Waals surface area contributed by atoms with Crippen LogP contribution in [0.4, 0.5) is 32.0 Å². The first-order valence-electron chi connectivity index (χ1n) is 7.82. The Morgan fingerprint density at radius 2 is 1.79 bits per heavy atom. The summed E-state index contributed by atoms with van der Waals surface area (Å²) < 4.78 is 81.2. The van der Waals surface area contributed by atoms with Crippen molar-refractivity contribution >= 4 is 22.9 Å². The average Bonchev–Trinajstić information content (AvgIpc) is 3.21. The number of rotatable bonds is 4. The minimum absolute atomic E-state index is 0.0325. The number of para-hydroxylation sites is 1. The van der Waals surface area contributed by atoms with Gasteiger partial charge in [0.15, 0.2) is 5.69 Å². The van der Waals surface area contributed by atoms with Crippen molar-refractivity contribution in [1.82, 2.24) is 9.78 Å². The largest absolute Gasteiger partial charge is 0.435 e. The Hall–Kier alpha value is -2.82. The molecule has 0 radical (unpaired) electrons. The van der Waals surface area contributed by atoms with Crippen molar-refractivity contribution in [3.63, 3.8) is 0 Å². The number of nitrogens with zero attached hydrogens (tertiary/aromatic N) is 2. The lowest BCUT2D eigenvalue weighted by Crippen LogP contribution is -2.12. The Kier molecular flexibility index (Phi) is 5.20. The molecule has 1 N–H and O–H groups in total. The highest BCUT2D eigenvalue weighted by atomic mass is 32.1. The van der Waals surface area contributed by atoms with E-state index in [2.05, 4.69) is 5.10 Å². The van der Waals surface area contributed by atoms with E-state index in [4.69, 9.17) is 0 Å². The number of benzene rings is 1. The number of aromatic nitrogens is 2. The molecule has 28 heavy (non-hydrogen) atoms. The molecule has 0 unspecified atom stereocenters. The molecular weight excluding hydrogens is 408 g/mol. The SMILES string of the molecule is CCn1nc(C(F)(F)F)cc1-c1sc(C(=O)Nc2c(F)cccc2F)cc1F. The van der Waals surface area contributed by atoms with Crippen LogP contribution < -0.4 is 5.32 Å². The van der Waals surface area contributed by atoms with Crippen LogP contribution in [-0.4, -0.2) is 15.7 Å². The zero-order chi connectivity index (χ0) is 20.6. The molecule has 3 rings (SSSR count). The number of amides is 1. The van der Waals surface area contributed by atoms with E-state index in [9.17, 15) is 31.1 Å². The van der Waals surface area contributed by atoms with E-state index in [1.807, 2.05) is 5.32 Å². The van der Waals surface area contributed by atoms with Crippen LogP contribution in [0, 0.1) is 17.5 Å². The minimum Gasteiger partial charge on any atom is -0.316 e. The number of nitrogens with one attached hydrogen (secondary N) is 1. The van der Waals surface area contributed by atoms with Crippen LogP contribution >= 0.6 is 11.3 Å². The van der Waals surface area contributed by atoms with E-state index >= 15 is 0 Å². The van der Waals surface area contributed by atoms with Crippen molar-refractivity contribution in [1.29, 1.82) is 0 Å². The molecule has 1 aromatic carbocycles. The fraction of sp³-hybridized carbons (Fsp3) is 0.176. The third kappa shape index (κ3) is 3.75. The number of aryl methyl sites for hydroxylation is 1. The van der Waals surface area contributed by atoms with Gasteiger partial charge in [-0.25, -0.2) is 13.2 Å². The zero-order valence-corrected chi connectivity index (χ0v) is 14.9. The Bertz CT molecular complexity index is 1020. The second-order valence-corrected chi connectivity index (χ2v) is 6.62. The lowest BCUT2D eigenvalue weighted by Gasteiger charge is -2.05. The number of carbonyl (C=O) groups is 1. The fourth-order valence-electron chi connectivity index (χ4n) is 2.43. The Morgan fingerprint density at radius 1 is 1.14 bits per heavy atom. The molecule has 0 aliphatic carbocycles. The van der Waals surface area contributed by atoms with Gasteiger partial charge in [-0.05, 0) is 31.2 Å². The second kappa shape index (κ2) is 7.30. The third-order valence-electron chi connectivity index (χ3n) is 3.71. The van der Waals surface area contributed by atoms with E-state index in [0.717, 1.165) is 28.9 Å². The summed E-state index contributed by atoms with van der Waals surface area (Å²) in [5.41, 5.74) is -2.06. The number of halogens is 6. The summed E-state index contributed by atoms with van der Waals surface area (Å²) in [4.78, 5) is 11.7. The summed E-state index contributed by atoms with van der Waals surface area (Å²) in [6.07, 6.45) is -4.72. The molecular formula is C17H11F6N3OS. The van der Waals surface area contributed by atoms with Gasteiger partial charge in [-0.3, -0.25) is 9.48 Å². The summed E-state index contributed by atoms with van der Waals surface area (Å²) >= 11 is 0.545. The van der Waals surface area contributed by atoms with Crippen molar-refractivity contribution in [2.24, 2.45) is 0 Å². The number of hydrogen-bond donors (Lipinski definition) is 1. The summed E-state index contributed by atoms with van der Waals surface area (Å²) in [7, 11) is 0. The van der Waals surface area contributed by atoms with Crippen LogP contribution in [0.2, 0.25) is 0 Å². The highest BCUT2D eigenvalue weighted by molar-refractivity contribution is 7.17. The lowest BCUT2D eigenvalue weighted by molar-refractivity contribution is -0.141. The van der Waals surface area contributed by atoms with Gasteiger partial charge >= 0.3 is 6.18 Å². The molecule has 0 bridgehead atoms. The van der Waals surface area contributed by atoms with Crippen molar-refractivity contribution in [2.75, 3.05) is 5.32 Å². The average molecular weight is 419 g/mol. The molecule has 2 aromatic heterocycles. The van der Waals surface area contributed by atoms with E-state index in [1.165, 1.54) is 6.92 Å². The molecule has 4 nitrogen and oxygen atoms in total.